The Morgan fingerprint density at radius 3 is 2.56 bits per heavy atom. The van der Waals surface area contributed by atoms with Gasteiger partial charge in [-0.25, -0.2) is 4.98 Å². The Hall–Kier alpha value is -1.46. The highest BCUT2D eigenvalue weighted by Crippen LogP contribution is 2.26. The van der Waals surface area contributed by atoms with E-state index in [1.54, 1.807) is 11.3 Å². The number of anilines is 2. The predicted octanol–water partition coefficient (Wildman–Crippen LogP) is 3.45. The fourth-order valence-electron chi connectivity index (χ4n) is 1.60. The topological polar surface area (TPSA) is 50.9 Å². The minimum atomic E-state index is 0.422. The average Bonchev–Trinajstić information content (AvgIpc) is 2.61. The molecule has 1 heterocycles. The summed E-state index contributed by atoms with van der Waals surface area (Å²) in [6.07, 6.45) is 0. The first-order chi connectivity index (χ1) is 8.47. The highest BCUT2D eigenvalue weighted by atomic mass is 32.1. The molecule has 2 aromatic rings. The standard InChI is InChI=1S/C13H15N3S2/c1-7-6-10(12(14)17)4-5-11(7)16-13-15-8(2)9(3)18-13/h4-6H,1-3H3,(H2,14,17)(H,15,16). The minimum Gasteiger partial charge on any atom is -0.389 e. The van der Waals surface area contributed by atoms with Crippen LogP contribution in [0.4, 0.5) is 10.8 Å². The van der Waals surface area contributed by atoms with Crippen molar-refractivity contribution in [2.24, 2.45) is 5.73 Å². The number of thiazole rings is 1. The second-order valence-electron chi connectivity index (χ2n) is 4.18. The lowest BCUT2D eigenvalue weighted by molar-refractivity contribution is 1.22. The average molecular weight is 277 g/mol. The third-order valence-electron chi connectivity index (χ3n) is 2.78. The van der Waals surface area contributed by atoms with Crippen molar-refractivity contribution in [3.63, 3.8) is 0 Å². The monoisotopic (exact) mass is 277 g/mol. The number of nitrogens with two attached hydrogens (primary N) is 1. The van der Waals surface area contributed by atoms with Gasteiger partial charge in [0.2, 0.25) is 0 Å². The van der Waals surface area contributed by atoms with E-state index < -0.39 is 0 Å². The van der Waals surface area contributed by atoms with Crippen LogP contribution in [0.25, 0.3) is 0 Å². The van der Waals surface area contributed by atoms with Crippen molar-refractivity contribution in [2.45, 2.75) is 20.8 Å². The van der Waals surface area contributed by atoms with Crippen molar-refractivity contribution >= 4 is 39.4 Å². The van der Waals surface area contributed by atoms with Crippen molar-refractivity contribution in [3.8, 4) is 0 Å². The zero-order valence-electron chi connectivity index (χ0n) is 10.6. The van der Waals surface area contributed by atoms with Gasteiger partial charge in [0.25, 0.3) is 0 Å². The summed E-state index contributed by atoms with van der Waals surface area (Å²) in [5, 5.41) is 4.24. The number of aryl methyl sites for hydroxylation is 3. The molecule has 18 heavy (non-hydrogen) atoms. The normalized spacial score (nSPS) is 10.4. The maximum absolute atomic E-state index is 5.61. The van der Waals surface area contributed by atoms with Gasteiger partial charge in [0.05, 0.1) is 5.69 Å². The molecule has 0 aliphatic heterocycles. The lowest BCUT2D eigenvalue weighted by Crippen LogP contribution is -2.09. The molecule has 0 saturated heterocycles. The molecule has 0 radical (unpaired) electrons. The van der Waals surface area contributed by atoms with Gasteiger partial charge < -0.3 is 11.1 Å². The van der Waals surface area contributed by atoms with E-state index in [4.69, 9.17) is 18.0 Å². The summed E-state index contributed by atoms with van der Waals surface area (Å²) in [4.78, 5) is 6.11. The molecular formula is C13H15N3S2. The number of hydrogen-bond acceptors (Lipinski definition) is 4. The van der Waals surface area contributed by atoms with Crippen LogP contribution < -0.4 is 11.1 Å². The molecule has 0 bridgehead atoms. The molecule has 0 fully saturated rings. The number of thiocarbonyl (C=S) groups is 1. The molecule has 5 heteroatoms. The first kappa shape index (κ1) is 13.0. The van der Waals surface area contributed by atoms with Crippen LogP contribution in [0.3, 0.4) is 0 Å². The molecule has 0 aliphatic rings. The van der Waals surface area contributed by atoms with Gasteiger partial charge in [-0.3, -0.25) is 0 Å². The summed E-state index contributed by atoms with van der Waals surface area (Å²) < 4.78 is 0. The van der Waals surface area contributed by atoms with Crippen LogP contribution in [0, 0.1) is 20.8 Å². The van der Waals surface area contributed by atoms with Crippen LogP contribution in [0.2, 0.25) is 0 Å². The van der Waals surface area contributed by atoms with E-state index in [1.807, 2.05) is 32.0 Å². The Bertz CT molecular complexity index is 583. The first-order valence-electron chi connectivity index (χ1n) is 5.59. The molecule has 2 rings (SSSR count). The summed E-state index contributed by atoms with van der Waals surface area (Å²) in [5.74, 6) is 0. The van der Waals surface area contributed by atoms with Gasteiger partial charge in [0, 0.05) is 16.1 Å². The maximum atomic E-state index is 5.61. The summed E-state index contributed by atoms with van der Waals surface area (Å²) >= 11 is 6.62. The second kappa shape index (κ2) is 5.04. The molecule has 0 amide bonds. The molecule has 1 aromatic heterocycles. The Morgan fingerprint density at radius 1 is 1.33 bits per heavy atom. The van der Waals surface area contributed by atoms with Gasteiger partial charge in [-0.1, -0.05) is 12.2 Å². The van der Waals surface area contributed by atoms with E-state index in [0.717, 1.165) is 27.6 Å². The number of hydrogen-bond donors (Lipinski definition) is 2. The smallest absolute Gasteiger partial charge is 0.187 e. The van der Waals surface area contributed by atoms with Crippen LogP contribution in [0.15, 0.2) is 18.2 Å². The first-order valence-corrected chi connectivity index (χ1v) is 6.81. The third kappa shape index (κ3) is 2.68. The van der Waals surface area contributed by atoms with Crippen molar-refractivity contribution in [2.75, 3.05) is 5.32 Å². The fourth-order valence-corrected chi connectivity index (χ4v) is 2.55. The van der Waals surface area contributed by atoms with Gasteiger partial charge in [0.1, 0.15) is 4.99 Å². The fraction of sp³-hybridized carbons (Fsp3) is 0.231. The highest BCUT2D eigenvalue weighted by molar-refractivity contribution is 7.80. The molecule has 0 spiro atoms. The van der Waals surface area contributed by atoms with Gasteiger partial charge in [0.15, 0.2) is 5.13 Å². The van der Waals surface area contributed by atoms with Crippen molar-refractivity contribution in [1.29, 1.82) is 0 Å². The molecule has 0 atom stereocenters. The molecule has 3 nitrogen and oxygen atoms in total. The van der Waals surface area contributed by atoms with Gasteiger partial charge in [-0.2, -0.15) is 0 Å². The van der Waals surface area contributed by atoms with E-state index in [-0.39, 0.29) is 0 Å². The lowest BCUT2D eigenvalue weighted by Gasteiger charge is -2.08. The summed E-state index contributed by atoms with van der Waals surface area (Å²) in [7, 11) is 0. The Labute approximate surface area is 116 Å². The van der Waals surface area contributed by atoms with E-state index >= 15 is 0 Å². The Balaban J connectivity index is 2.27. The van der Waals surface area contributed by atoms with E-state index in [0.29, 0.717) is 4.99 Å². The van der Waals surface area contributed by atoms with Gasteiger partial charge >= 0.3 is 0 Å². The molecule has 3 N–H and O–H groups in total. The largest absolute Gasteiger partial charge is 0.389 e. The van der Waals surface area contributed by atoms with Crippen LogP contribution in [0.5, 0.6) is 0 Å². The molecule has 0 aliphatic carbocycles. The second-order valence-corrected chi connectivity index (χ2v) is 5.82. The van der Waals surface area contributed by atoms with Crippen molar-refractivity contribution < 1.29 is 0 Å². The molecular weight excluding hydrogens is 262 g/mol. The van der Waals surface area contributed by atoms with Crippen LogP contribution in [-0.4, -0.2) is 9.97 Å². The number of nitrogens with one attached hydrogen (secondary N) is 1. The van der Waals surface area contributed by atoms with Gasteiger partial charge in [-0.15, -0.1) is 11.3 Å². The SMILES string of the molecule is Cc1cc(C(N)=S)ccc1Nc1nc(C)c(C)s1. The van der Waals surface area contributed by atoms with Crippen LogP contribution in [-0.2, 0) is 0 Å². The van der Waals surface area contributed by atoms with Gasteiger partial charge in [-0.05, 0) is 44.5 Å². The predicted molar refractivity (Wildman–Crippen MR) is 81.9 cm³/mol. The maximum Gasteiger partial charge on any atom is 0.187 e. The summed E-state index contributed by atoms with van der Waals surface area (Å²) in [6, 6.07) is 5.89. The number of benzene rings is 1. The molecule has 1 aromatic carbocycles. The number of aromatic nitrogens is 1. The third-order valence-corrected chi connectivity index (χ3v) is 4.01. The number of rotatable bonds is 3. The van der Waals surface area contributed by atoms with E-state index in [9.17, 15) is 0 Å². The number of nitrogens with zero attached hydrogens (tertiary/aromatic N) is 1. The van der Waals surface area contributed by atoms with Crippen molar-refractivity contribution in [1.82, 2.24) is 4.98 Å². The molecule has 0 unspecified atom stereocenters. The van der Waals surface area contributed by atoms with Crippen molar-refractivity contribution in [3.05, 3.63) is 39.9 Å². The highest BCUT2D eigenvalue weighted by Gasteiger charge is 2.06. The van der Waals surface area contributed by atoms with E-state index in [2.05, 4.69) is 17.2 Å². The quantitative estimate of drug-likeness (QED) is 0.844. The van der Waals surface area contributed by atoms with Crippen LogP contribution in [0.1, 0.15) is 21.7 Å². The zero-order valence-corrected chi connectivity index (χ0v) is 12.2. The summed E-state index contributed by atoms with van der Waals surface area (Å²) in [5.41, 5.74) is 9.70. The molecule has 0 saturated carbocycles. The van der Waals surface area contributed by atoms with E-state index in [1.165, 1.54) is 4.88 Å². The lowest BCUT2D eigenvalue weighted by atomic mass is 10.1. The van der Waals surface area contributed by atoms with Crippen LogP contribution >= 0.6 is 23.6 Å². The minimum absolute atomic E-state index is 0.422. The Kier molecular flexibility index (Phi) is 3.63. The molecule has 94 valence electrons. The zero-order chi connectivity index (χ0) is 13.3. The Morgan fingerprint density at radius 2 is 2.06 bits per heavy atom. The summed E-state index contributed by atoms with van der Waals surface area (Å²) in [6.45, 7) is 6.11.